The molecule has 0 amide bonds. The van der Waals surface area contributed by atoms with Crippen molar-refractivity contribution in [3.05, 3.63) is 114 Å². The second-order valence-corrected chi connectivity index (χ2v) is 17.1. The standard InChI is InChI=1S/C20H15FNO.C17H22NSi.Ir/c1-12(2)13-9-10-22-17(11-13)14-7-8-16(21)19-15-5-3-4-6-18(15)23-20(14)19;1-13(2)15-11-16(14-9-7-6-8-10-14)18-12-17(15)19(3,4)5;/h3-6,8-12H,1-2H3;6-9,11-13H,1-5H3;/q2*-1;/i;13D;. The maximum atomic E-state index is 14.3. The summed E-state index contributed by atoms with van der Waals surface area (Å²) in [6.45, 7) is 15.1. The Balaban J connectivity index is 0.000000199. The van der Waals surface area contributed by atoms with Gasteiger partial charge in [-0.15, -0.1) is 48.0 Å². The molecule has 6 rings (SSSR count). The summed E-state index contributed by atoms with van der Waals surface area (Å²) >= 11 is 0. The van der Waals surface area contributed by atoms with E-state index in [4.69, 9.17) is 5.79 Å². The molecule has 0 atom stereocenters. The SMILES string of the molecule is CC(C)c1ccnc(-c2[c-]cc(F)c3c2oc2ccccc23)c1.[2H]C(C)(C)c1cc(-c2[c-]cccc2)ncc1[Si](C)(C)C.[Ir]. The fourth-order valence-electron chi connectivity index (χ4n) is 5.03. The summed E-state index contributed by atoms with van der Waals surface area (Å²) in [5, 5.41) is 2.54. The first-order valence-electron chi connectivity index (χ1n) is 14.8. The van der Waals surface area contributed by atoms with Crippen molar-refractivity contribution in [2.24, 2.45) is 0 Å². The zero-order chi connectivity index (χ0) is 30.9. The maximum absolute atomic E-state index is 14.3. The van der Waals surface area contributed by atoms with E-state index < -0.39 is 14.0 Å². The van der Waals surface area contributed by atoms with Crippen LogP contribution < -0.4 is 5.19 Å². The van der Waals surface area contributed by atoms with Crippen molar-refractivity contribution in [1.82, 2.24) is 9.97 Å². The van der Waals surface area contributed by atoms with Gasteiger partial charge < -0.3 is 14.4 Å². The molecule has 0 saturated carbocycles. The number of hydrogen-bond acceptors (Lipinski definition) is 3. The molecule has 3 aromatic carbocycles. The van der Waals surface area contributed by atoms with E-state index >= 15 is 0 Å². The minimum absolute atomic E-state index is 0. The summed E-state index contributed by atoms with van der Waals surface area (Å²) in [4.78, 5) is 9.04. The fraction of sp³-hybridized carbons (Fsp3) is 0.243. The van der Waals surface area contributed by atoms with E-state index in [2.05, 4.69) is 61.7 Å². The largest absolute Gasteiger partial charge is 0.500 e. The van der Waals surface area contributed by atoms with E-state index in [-0.39, 0.29) is 25.9 Å². The molecule has 1 radical (unpaired) electrons. The Morgan fingerprint density at radius 2 is 1.65 bits per heavy atom. The zero-order valence-electron chi connectivity index (χ0n) is 26.7. The van der Waals surface area contributed by atoms with Gasteiger partial charge in [0, 0.05) is 45.1 Å². The smallest absolute Gasteiger partial charge is 0.121 e. The molecule has 0 N–H and O–H groups in total. The Hall–Kier alpha value is -3.44. The van der Waals surface area contributed by atoms with Gasteiger partial charge in [0.25, 0.3) is 0 Å². The molecular weight excluding hydrogens is 728 g/mol. The molecule has 6 heteroatoms. The molecule has 0 spiro atoms. The van der Waals surface area contributed by atoms with Gasteiger partial charge in [0.1, 0.15) is 5.58 Å². The van der Waals surface area contributed by atoms with Crippen molar-refractivity contribution in [2.45, 2.75) is 59.1 Å². The van der Waals surface area contributed by atoms with Crippen LogP contribution in [0.4, 0.5) is 4.39 Å². The van der Waals surface area contributed by atoms with Gasteiger partial charge in [0.2, 0.25) is 0 Å². The van der Waals surface area contributed by atoms with E-state index in [1.54, 1.807) is 6.20 Å². The quantitative estimate of drug-likeness (QED) is 0.130. The zero-order valence-corrected chi connectivity index (χ0v) is 29.1. The molecule has 3 aromatic heterocycles. The minimum atomic E-state index is -1.50. The molecule has 0 aliphatic heterocycles. The number of rotatable bonds is 5. The van der Waals surface area contributed by atoms with E-state index in [0.717, 1.165) is 27.9 Å². The Morgan fingerprint density at radius 3 is 2.33 bits per heavy atom. The number of aromatic nitrogens is 2. The second kappa shape index (κ2) is 13.5. The Labute approximate surface area is 270 Å². The number of pyridine rings is 2. The number of fused-ring (bicyclic) bond motifs is 3. The number of nitrogens with zero attached hydrogens (tertiary/aromatic N) is 2. The number of furan rings is 1. The summed E-state index contributed by atoms with van der Waals surface area (Å²) in [6, 6.07) is 29.0. The van der Waals surface area contributed by atoms with Crippen LogP contribution in [0, 0.1) is 17.9 Å². The first kappa shape index (κ1) is 31.0. The first-order valence-corrected chi connectivity index (χ1v) is 17.8. The van der Waals surface area contributed by atoms with Crippen molar-refractivity contribution < 1.29 is 30.3 Å². The number of para-hydroxylation sites is 1. The third-order valence-electron chi connectivity index (χ3n) is 7.35. The van der Waals surface area contributed by atoms with Crippen molar-refractivity contribution in [1.29, 1.82) is 0 Å². The third kappa shape index (κ3) is 7.04. The Kier molecular flexibility index (Phi) is 9.70. The van der Waals surface area contributed by atoms with Crippen molar-refractivity contribution in [3.8, 4) is 22.5 Å². The van der Waals surface area contributed by atoms with Crippen LogP contribution in [0.1, 0.15) is 52.0 Å². The van der Waals surface area contributed by atoms with Crippen molar-refractivity contribution in [2.75, 3.05) is 0 Å². The van der Waals surface area contributed by atoms with E-state index in [1.165, 1.54) is 16.8 Å². The topological polar surface area (TPSA) is 38.9 Å². The normalized spacial score (nSPS) is 12.1. The maximum Gasteiger partial charge on any atom is 0.121 e. The molecule has 3 nitrogen and oxygen atoms in total. The van der Waals surface area contributed by atoms with Crippen LogP contribution in [0.2, 0.25) is 19.6 Å². The van der Waals surface area contributed by atoms with Gasteiger partial charge >= 0.3 is 0 Å². The molecular formula is C37H37FIrN2OSi-2. The first-order chi connectivity index (χ1) is 20.3. The van der Waals surface area contributed by atoms with Crippen LogP contribution in [0.3, 0.4) is 0 Å². The van der Waals surface area contributed by atoms with Crippen LogP contribution in [0.25, 0.3) is 44.5 Å². The second-order valence-electron chi connectivity index (χ2n) is 12.1. The van der Waals surface area contributed by atoms with Crippen molar-refractivity contribution >= 4 is 35.2 Å². The monoisotopic (exact) mass is 766 g/mol. The summed E-state index contributed by atoms with van der Waals surface area (Å²) < 4.78 is 28.7. The van der Waals surface area contributed by atoms with Crippen molar-refractivity contribution in [3.63, 3.8) is 0 Å². The summed E-state index contributed by atoms with van der Waals surface area (Å²) in [6.07, 6.45) is 3.75. The number of halogens is 1. The molecule has 0 saturated heterocycles. The van der Waals surface area contributed by atoms with Gasteiger partial charge in [-0.05, 0) is 45.9 Å². The van der Waals surface area contributed by atoms with Crippen LogP contribution in [0.5, 0.6) is 0 Å². The molecule has 0 aliphatic rings. The van der Waals surface area contributed by atoms with Gasteiger partial charge in [-0.1, -0.05) is 94.4 Å². The minimum Gasteiger partial charge on any atom is -0.500 e. The molecule has 0 fully saturated rings. The van der Waals surface area contributed by atoms with E-state index in [9.17, 15) is 4.39 Å². The Morgan fingerprint density at radius 1 is 0.907 bits per heavy atom. The molecule has 0 aliphatic carbocycles. The predicted molar refractivity (Wildman–Crippen MR) is 175 cm³/mol. The summed E-state index contributed by atoms with van der Waals surface area (Å²) in [5.41, 5.74) is 6.78. The molecule has 0 bridgehead atoms. The molecule has 6 aromatic rings. The summed E-state index contributed by atoms with van der Waals surface area (Å²) in [7, 11) is -1.50. The fourth-order valence-corrected chi connectivity index (χ4v) is 6.61. The average Bonchev–Trinajstić information content (AvgIpc) is 3.37. The van der Waals surface area contributed by atoms with Crippen LogP contribution in [-0.2, 0) is 20.1 Å². The molecule has 223 valence electrons. The molecule has 3 heterocycles. The van der Waals surface area contributed by atoms with Gasteiger partial charge in [-0.3, -0.25) is 4.39 Å². The van der Waals surface area contributed by atoms with Crippen LogP contribution in [0.15, 0.2) is 89.6 Å². The van der Waals surface area contributed by atoms with Crippen LogP contribution in [-0.4, -0.2) is 18.0 Å². The Bertz CT molecular complexity index is 1890. The average molecular weight is 766 g/mol. The van der Waals surface area contributed by atoms with Crippen LogP contribution >= 0.6 is 0 Å². The van der Waals surface area contributed by atoms with Gasteiger partial charge in [0.15, 0.2) is 0 Å². The van der Waals surface area contributed by atoms with E-state index in [0.29, 0.717) is 28.0 Å². The van der Waals surface area contributed by atoms with Gasteiger partial charge in [-0.2, -0.15) is 0 Å². The predicted octanol–water partition coefficient (Wildman–Crippen LogP) is 9.93. The number of benzene rings is 3. The molecule has 43 heavy (non-hydrogen) atoms. The van der Waals surface area contributed by atoms with E-state index in [1.807, 2.05) is 80.7 Å². The summed E-state index contributed by atoms with van der Waals surface area (Å²) in [5.74, 6) is -0.542. The van der Waals surface area contributed by atoms with Gasteiger partial charge in [-0.25, -0.2) is 0 Å². The third-order valence-corrected chi connectivity index (χ3v) is 9.36. The van der Waals surface area contributed by atoms with Gasteiger partial charge in [0.05, 0.1) is 13.7 Å². The number of hydrogen-bond donors (Lipinski definition) is 0. The molecule has 0 unspecified atom stereocenters.